The Hall–Kier alpha value is -1.95. The Kier molecular flexibility index (Phi) is 6.83. The lowest BCUT2D eigenvalue weighted by molar-refractivity contribution is 0.602. The highest BCUT2D eigenvalue weighted by atomic mass is 32.2. The van der Waals surface area contributed by atoms with Crippen molar-refractivity contribution in [3.8, 4) is 0 Å². The van der Waals surface area contributed by atoms with E-state index in [1.54, 1.807) is 19.2 Å². The highest BCUT2D eigenvalue weighted by Gasteiger charge is 2.01. The predicted molar refractivity (Wildman–Crippen MR) is 90.9 cm³/mol. The Morgan fingerprint density at radius 1 is 1.14 bits per heavy atom. The third kappa shape index (κ3) is 5.44. The molecular weight excluding hydrogens is 299 g/mol. The van der Waals surface area contributed by atoms with Gasteiger partial charge in [-0.3, -0.25) is 4.99 Å². The van der Waals surface area contributed by atoms with Crippen molar-refractivity contribution >= 4 is 17.7 Å². The molecule has 1 aromatic carbocycles. The fourth-order valence-electron chi connectivity index (χ4n) is 1.94. The standard InChI is InChI=1S/C16H21FN4S/c1-18-16(19-8-12-21-10-4-5-11-21)20-9-13-22-15-7-3-2-6-14(15)17/h2-7,10-11H,8-9,12-13H2,1H3,(H2,18,19,20). The van der Waals surface area contributed by atoms with Gasteiger partial charge in [0.15, 0.2) is 5.96 Å². The van der Waals surface area contributed by atoms with Gasteiger partial charge in [0, 0.05) is 49.7 Å². The molecule has 0 radical (unpaired) electrons. The first-order valence-electron chi connectivity index (χ1n) is 7.22. The van der Waals surface area contributed by atoms with Crippen LogP contribution in [-0.4, -0.2) is 36.4 Å². The maximum atomic E-state index is 13.5. The zero-order valence-corrected chi connectivity index (χ0v) is 13.4. The molecule has 0 saturated heterocycles. The number of aliphatic imine (C=N–C) groups is 1. The largest absolute Gasteiger partial charge is 0.356 e. The number of hydrogen-bond acceptors (Lipinski definition) is 2. The highest BCUT2D eigenvalue weighted by Crippen LogP contribution is 2.20. The van der Waals surface area contributed by atoms with Gasteiger partial charge in [0.1, 0.15) is 5.82 Å². The molecule has 0 saturated carbocycles. The number of rotatable bonds is 7. The Labute approximate surface area is 134 Å². The van der Waals surface area contributed by atoms with Gasteiger partial charge in [-0.2, -0.15) is 0 Å². The van der Waals surface area contributed by atoms with Crippen LogP contribution in [0.1, 0.15) is 0 Å². The summed E-state index contributed by atoms with van der Waals surface area (Å²) in [5, 5.41) is 6.48. The lowest BCUT2D eigenvalue weighted by atomic mass is 10.3. The summed E-state index contributed by atoms with van der Waals surface area (Å²) in [6.07, 6.45) is 4.06. The van der Waals surface area contributed by atoms with E-state index in [0.29, 0.717) is 4.90 Å². The first-order valence-corrected chi connectivity index (χ1v) is 8.21. The van der Waals surface area contributed by atoms with E-state index in [2.05, 4.69) is 20.2 Å². The van der Waals surface area contributed by atoms with Crippen LogP contribution in [0.25, 0.3) is 0 Å². The van der Waals surface area contributed by atoms with Gasteiger partial charge in [-0.15, -0.1) is 11.8 Å². The van der Waals surface area contributed by atoms with E-state index in [9.17, 15) is 4.39 Å². The van der Waals surface area contributed by atoms with Crippen molar-refractivity contribution in [2.45, 2.75) is 11.4 Å². The molecule has 6 heteroatoms. The molecule has 1 aromatic heterocycles. The van der Waals surface area contributed by atoms with Gasteiger partial charge in [-0.25, -0.2) is 4.39 Å². The van der Waals surface area contributed by atoms with Crippen molar-refractivity contribution in [2.24, 2.45) is 4.99 Å². The number of thioether (sulfide) groups is 1. The molecule has 0 aliphatic rings. The van der Waals surface area contributed by atoms with Gasteiger partial charge in [0.25, 0.3) is 0 Å². The molecule has 0 aliphatic carbocycles. The van der Waals surface area contributed by atoms with Crippen molar-refractivity contribution < 1.29 is 4.39 Å². The maximum absolute atomic E-state index is 13.5. The van der Waals surface area contributed by atoms with Crippen molar-refractivity contribution in [1.29, 1.82) is 0 Å². The van der Waals surface area contributed by atoms with E-state index in [1.807, 2.05) is 30.6 Å². The van der Waals surface area contributed by atoms with E-state index < -0.39 is 0 Å². The Morgan fingerprint density at radius 3 is 2.59 bits per heavy atom. The number of guanidine groups is 1. The summed E-state index contributed by atoms with van der Waals surface area (Å²) >= 11 is 1.50. The van der Waals surface area contributed by atoms with E-state index >= 15 is 0 Å². The molecule has 0 fully saturated rings. The summed E-state index contributed by atoms with van der Waals surface area (Å²) in [4.78, 5) is 4.85. The van der Waals surface area contributed by atoms with Gasteiger partial charge < -0.3 is 15.2 Å². The number of nitrogens with zero attached hydrogens (tertiary/aromatic N) is 2. The van der Waals surface area contributed by atoms with Gasteiger partial charge in [0.2, 0.25) is 0 Å². The van der Waals surface area contributed by atoms with Crippen LogP contribution in [0.2, 0.25) is 0 Å². The summed E-state index contributed by atoms with van der Waals surface area (Å²) in [7, 11) is 1.75. The summed E-state index contributed by atoms with van der Waals surface area (Å²) < 4.78 is 15.6. The zero-order chi connectivity index (χ0) is 15.6. The topological polar surface area (TPSA) is 41.4 Å². The van der Waals surface area contributed by atoms with Crippen molar-refractivity contribution in [3.05, 3.63) is 54.6 Å². The first-order chi connectivity index (χ1) is 10.8. The number of hydrogen-bond donors (Lipinski definition) is 2. The predicted octanol–water partition coefficient (Wildman–Crippen LogP) is 2.58. The molecule has 2 N–H and O–H groups in total. The summed E-state index contributed by atoms with van der Waals surface area (Å²) in [6, 6.07) is 10.8. The molecule has 0 amide bonds. The van der Waals surface area contributed by atoms with Gasteiger partial charge in [0.05, 0.1) is 0 Å². The molecule has 2 rings (SSSR count). The normalized spacial score (nSPS) is 11.5. The van der Waals surface area contributed by atoms with Crippen LogP contribution in [0.15, 0.2) is 58.7 Å². The fraction of sp³-hybridized carbons (Fsp3) is 0.312. The Balaban J connectivity index is 1.63. The van der Waals surface area contributed by atoms with E-state index in [4.69, 9.17) is 0 Å². The number of aromatic nitrogens is 1. The second-order valence-electron chi connectivity index (χ2n) is 4.63. The van der Waals surface area contributed by atoms with E-state index in [-0.39, 0.29) is 5.82 Å². The molecule has 0 spiro atoms. The number of benzene rings is 1. The van der Waals surface area contributed by atoms with Crippen molar-refractivity contribution in [3.63, 3.8) is 0 Å². The SMILES string of the molecule is CN=C(NCCSc1ccccc1F)NCCn1cccc1. The first kappa shape index (κ1) is 16.4. The summed E-state index contributed by atoms with van der Waals surface area (Å²) in [5.41, 5.74) is 0. The minimum absolute atomic E-state index is 0.165. The zero-order valence-electron chi connectivity index (χ0n) is 12.6. The molecule has 2 aromatic rings. The second kappa shape index (κ2) is 9.15. The Bertz CT molecular complexity index is 584. The Morgan fingerprint density at radius 2 is 1.86 bits per heavy atom. The van der Waals surface area contributed by atoms with Crippen LogP contribution in [0.4, 0.5) is 4.39 Å². The molecule has 4 nitrogen and oxygen atoms in total. The third-order valence-electron chi connectivity index (χ3n) is 3.04. The monoisotopic (exact) mass is 320 g/mol. The molecule has 118 valence electrons. The highest BCUT2D eigenvalue weighted by molar-refractivity contribution is 7.99. The fourth-order valence-corrected chi connectivity index (χ4v) is 2.74. The minimum atomic E-state index is -0.165. The molecular formula is C16H21FN4S. The van der Waals surface area contributed by atoms with Crippen LogP contribution in [0.5, 0.6) is 0 Å². The summed E-state index contributed by atoms with van der Waals surface area (Å²) in [6.45, 7) is 2.41. The summed E-state index contributed by atoms with van der Waals surface area (Å²) in [5.74, 6) is 1.38. The molecule has 0 atom stereocenters. The van der Waals surface area contributed by atoms with Crippen LogP contribution in [0, 0.1) is 5.82 Å². The number of nitrogens with one attached hydrogen (secondary N) is 2. The van der Waals surface area contributed by atoms with Crippen LogP contribution in [-0.2, 0) is 6.54 Å². The molecule has 1 heterocycles. The maximum Gasteiger partial charge on any atom is 0.191 e. The minimum Gasteiger partial charge on any atom is -0.356 e. The van der Waals surface area contributed by atoms with Gasteiger partial charge in [-0.1, -0.05) is 12.1 Å². The van der Waals surface area contributed by atoms with Crippen LogP contribution < -0.4 is 10.6 Å². The molecule has 0 aliphatic heterocycles. The van der Waals surface area contributed by atoms with E-state index in [0.717, 1.165) is 31.3 Å². The smallest absolute Gasteiger partial charge is 0.191 e. The quantitative estimate of drug-likeness (QED) is 0.357. The molecule has 0 unspecified atom stereocenters. The third-order valence-corrected chi connectivity index (χ3v) is 4.09. The number of halogens is 1. The molecule has 0 bridgehead atoms. The second-order valence-corrected chi connectivity index (χ2v) is 5.76. The molecule has 22 heavy (non-hydrogen) atoms. The van der Waals surface area contributed by atoms with Gasteiger partial charge in [-0.05, 0) is 24.3 Å². The average molecular weight is 320 g/mol. The van der Waals surface area contributed by atoms with Crippen molar-refractivity contribution in [1.82, 2.24) is 15.2 Å². The lowest BCUT2D eigenvalue weighted by Crippen LogP contribution is -2.39. The van der Waals surface area contributed by atoms with Crippen LogP contribution >= 0.6 is 11.8 Å². The van der Waals surface area contributed by atoms with Crippen molar-refractivity contribution in [2.75, 3.05) is 25.9 Å². The van der Waals surface area contributed by atoms with Crippen LogP contribution in [0.3, 0.4) is 0 Å². The lowest BCUT2D eigenvalue weighted by Gasteiger charge is -2.12. The van der Waals surface area contributed by atoms with Gasteiger partial charge >= 0.3 is 0 Å². The van der Waals surface area contributed by atoms with E-state index in [1.165, 1.54) is 17.8 Å². The average Bonchev–Trinajstić information content (AvgIpc) is 3.04.